The highest BCUT2D eigenvalue weighted by Crippen LogP contribution is 2.24. The van der Waals surface area contributed by atoms with E-state index in [-0.39, 0.29) is 11.8 Å². The van der Waals surface area contributed by atoms with Gasteiger partial charge < -0.3 is 9.32 Å². The predicted molar refractivity (Wildman–Crippen MR) is 99.1 cm³/mol. The number of benzene rings is 1. The number of hydrogen-bond donors (Lipinski definition) is 1. The number of para-hydroxylation sites is 1. The lowest BCUT2D eigenvalue weighted by Crippen LogP contribution is -2.49. The minimum absolute atomic E-state index is 0.0830. The van der Waals surface area contributed by atoms with Crippen LogP contribution in [0.5, 0.6) is 0 Å². The fourth-order valence-corrected chi connectivity index (χ4v) is 3.75. The molecule has 1 aliphatic heterocycles. The minimum Gasteiger partial charge on any atom is -0.468 e. The van der Waals surface area contributed by atoms with Crippen LogP contribution in [0.15, 0.2) is 53.1 Å². The van der Waals surface area contributed by atoms with Gasteiger partial charge in [0.1, 0.15) is 5.76 Å². The van der Waals surface area contributed by atoms with Crippen molar-refractivity contribution in [3.63, 3.8) is 0 Å². The zero-order chi connectivity index (χ0) is 17.7. The van der Waals surface area contributed by atoms with Crippen molar-refractivity contribution in [2.45, 2.75) is 13.0 Å². The zero-order valence-corrected chi connectivity index (χ0v) is 15.3. The van der Waals surface area contributed by atoms with Crippen LogP contribution in [0.2, 0.25) is 0 Å². The van der Waals surface area contributed by atoms with Crippen molar-refractivity contribution in [3.8, 4) is 0 Å². The molecule has 1 fully saturated rings. The summed E-state index contributed by atoms with van der Waals surface area (Å²) in [6, 6.07) is 14.0. The predicted octanol–water partition coefficient (Wildman–Crippen LogP) is 2.08. The smallest absolute Gasteiger partial charge is 0.211 e. The highest BCUT2D eigenvalue weighted by atomic mass is 32.2. The van der Waals surface area contributed by atoms with Gasteiger partial charge >= 0.3 is 0 Å². The zero-order valence-electron chi connectivity index (χ0n) is 14.5. The molecule has 1 atom stereocenters. The molecule has 0 radical (unpaired) electrons. The fraction of sp³-hybridized carbons (Fsp3) is 0.444. The summed E-state index contributed by atoms with van der Waals surface area (Å²) in [5, 5.41) is 0. The molecule has 2 aromatic rings. The Kier molecular flexibility index (Phi) is 5.78. The van der Waals surface area contributed by atoms with E-state index in [1.165, 1.54) is 5.69 Å². The molecule has 0 unspecified atom stereocenters. The summed E-state index contributed by atoms with van der Waals surface area (Å²) >= 11 is 0. The maximum atomic E-state index is 11.8. The third-order valence-electron chi connectivity index (χ3n) is 4.62. The first-order valence-electron chi connectivity index (χ1n) is 8.64. The Bertz CT molecular complexity index is 739. The van der Waals surface area contributed by atoms with Gasteiger partial charge in [-0.1, -0.05) is 18.2 Å². The first kappa shape index (κ1) is 18.0. The molecule has 0 aliphatic carbocycles. The Balaban J connectivity index is 1.66. The van der Waals surface area contributed by atoms with E-state index in [2.05, 4.69) is 26.7 Å². The van der Waals surface area contributed by atoms with Crippen LogP contribution in [0.4, 0.5) is 5.69 Å². The van der Waals surface area contributed by atoms with E-state index in [1.54, 1.807) is 13.2 Å². The molecule has 1 aromatic heterocycles. The van der Waals surface area contributed by atoms with Crippen LogP contribution in [0.3, 0.4) is 0 Å². The minimum atomic E-state index is -3.23. The Morgan fingerprint density at radius 1 is 1.08 bits per heavy atom. The van der Waals surface area contributed by atoms with Gasteiger partial charge in [-0.15, -0.1) is 0 Å². The number of furan rings is 1. The van der Waals surface area contributed by atoms with Crippen molar-refractivity contribution in [2.24, 2.45) is 0 Å². The summed E-state index contributed by atoms with van der Waals surface area (Å²) in [6.07, 6.45) is 1.64. The number of sulfonamides is 1. The largest absolute Gasteiger partial charge is 0.468 e. The van der Waals surface area contributed by atoms with Crippen molar-refractivity contribution in [1.29, 1.82) is 0 Å². The molecule has 3 rings (SSSR count). The Morgan fingerprint density at radius 3 is 2.40 bits per heavy atom. The Labute approximate surface area is 149 Å². The van der Waals surface area contributed by atoms with Crippen LogP contribution in [0.25, 0.3) is 0 Å². The summed E-state index contributed by atoms with van der Waals surface area (Å²) in [4.78, 5) is 4.64. The molecule has 2 heterocycles. The average molecular weight is 363 g/mol. The van der Waals surface area contributed by atoms with Gasteiger partial charge in [0.05, 0.1) is 18.1 Å². The quantitative estimate of drug-likeness (QED) is 0.816. The fourth-order valence-electron chi connectivity index (χ4n) is 3.13. The third kappa shape index (κ3) is 4.62. The van der Waals surface area contributed by atoms with Crippen molar-refractivity contribution in [1.82, 2.24) is 9.62 Å². The Morgan fingerprint density at radius 2 is 1.80 bits per heavy atom. The molecule has 25 heavy (non-hydrogen) atoms. The molecule has 1 saturated heterocycles. The summed E-state index contributed by atoms with van der Waals surface area (Å²) in [6.45, 7) is 5.49. The normalized spacial score (nSPS) is 17.6. The number of nitrogens with one attached hydrogen (secondary N) is 1. The Hall–Kier alpha value is -1.83. The first-order chi connectivity index (χ1) is 12.1. The van der Waals surface area contributed by atoms with Crippen molar-refractivity contribution in [2.75, 3.05) is 43.4 Å². The summed E-state index contributed by atoms with van der Waals surface area (Å²) in [7, 11) is -3.23. The van der Waals surface area contributed by atoms with Gasteiger partial charge in [-0.25, -0.2) is 13.1 Å². The number of piperazine rings is 1. The van der Waals surface area contributed by atoms with Gasteiger partial charge in [0, 0.05) is 38.4 Å². The molecular weight excluding hydrogens is 338 g/mol. The number of hydrogen-bond acceptors (Lipinski definition) is 5. The second-order valence-electron chi connectivity index (χ2n) is 6.14. The second-order valence-corrected chi connectivity index (χ2v) is 8.24. The van der Waals surface area contributed by atoms with E-state index in [9.17, 15) is 8.42 Å². The van der Waals surface area contributed by atoms with E-state index in [1.807, 2.05) is 30.3 Å². The highest BCUT2D eigenvalue weighted by molar-refractivity contribution is 7.89. The number of anilines is 1. The van der Waals surface area contributed by atoms with E-state index < -0.39 is 10.0 Å². The van der Waals surface area contributed by atoms with Crippen LogP contribution in [-0.4, -0.2) is 51.8 Å². The molecule has 1 aromatic carbocycles. The van der Waals surface area contributed by atoms with Crippen LogP contribution in [0, 0.1) is 0 Å². The SMILES string of the molecule is CCS(=O)(=O)NC[C@H](c1ccco1)N1CCN(c2ccccc2)CC1. The van der Waals surface area contributed by atoms with Gasteiger partial charge in [-0.05, 0) is 31.2 Å². The lowest BCUT2D eigenvalue weighted by molar-refractivity contribution is 0.166. The molecule has 6 nitrogen and oxygen atoms in total. The van der Waals surface area contributed by atoms with E-state index >= 15 is 0 Å². The molecule has 0 saturated carbocycles. The lowest BCUT2D eigenvalue weighted by Gasteiger charge is -2.39. The second kappa shape index (κ2) is 8.03. The van der Waals surface area contributed by atoms with Gasteiger partial charge in [0.15, 0.2) is 0 Å². The van der Waals surface area contributed by atoms with Crippen molar-refractivity contribution in [3.05, 3.63) is 54.5 Å². The summed E-state index contributed by atoms with van der Waals surface area (Å²) in [5.74, 6) is 0.881. The molecule has 0 bridgehead atoms. The van der Waals surface area contributed by atoms with Crippen molar-refractivity contribution >= 4 is 15.7 Å². The lowest BCUT2D eigenvalue weighted by atomic mass is 10.1. The van der Waals surface area contributed by atoms with Gasteiger partial charge in [0.2, 0.25) is 10.0 Å². The van der Waals surface area contributed by atoms with Crippen LogP contribution in [-0.2, 0) is 10.0 Å². The molecule has 0 amide bonds. The monoisotopic (exact) mass is 363 g/mol. The standard InChI is InChI=1S/C18H25N3O3S/c1-2-25(22,23)19-15-17(18-9-6-14-24-18)21-12-10-20(11-13-21)16-7-4-3-5-8-16/h3-9,14,17,19H,2,10-13,15H2,1H3/t17-/m1/s1. The summed E-state index contributed by atoms with van der Waals surface area (Å²) in [5.41, 5.74) is 1.23. The maximum absolute atomic E-state index is 11.8. The highest BCUT2D eigenvalue weighted by Gasteiger charge is 2.27. The molecule has 0 spiro atoms. The van der Waals surface area contributed by atoms with Gasteiger partial charge in [-0.2, -0.15) is 0 Å². The molecule has 1 aliphatic rings. The number of nitrogens with zero attached hydrogens (tertiary/aromatic N) is 2. The van der Waals surface area contributed by atoms with Gasteiger partial charge in [-0.3, -0.25) is 4.90 Å². The van der Waals surface area contributed by atoms with Crippen LogP contribution in [0.1, 0.15) is 18.7 Å². The molecular formula is C18H25N3O3S. The molecule has 7 heteroatoms. The van der Waals surface area contributed by atoms with E-state index in [0.717, 1.165) is 31.9 Å². The van der Waals surface area contributed by atoms with Crippen LogP contribution >= 0.6 is 0 Å². The third-order valence-corrected chi connectivity index (χ3v) is 5.99. The molecule has 136 valence electrons. The van der Waals surface area contributed by atoms with E-state index in [0.29, 0.717) is 6.54 Å². The average Bonchev–Trinajstić information content (AvgIpc) is 3.17. The topological polar surface area (TPSA) is 65.8 Å². The van der Waals surface area contributed by atoms with Gasteiger partial charge in [0.25, 0.3) is 0 Å². The first-order valence-corrected chi connectivity index (χ1v) is 10.3. The molecule has 1 N–H and O–H groups in total. The van der Waals surface area contributed by atoms with Crippen LogP contribution < -0.4 is 9.62 Å². The maximum Gasteiger partial charge on any atom is 0.211 e. The van der Waals surface area contributed by atoms with Crippen molar-refractivity contribution < 1.29 is 12.8 Å². The van der Waals surface area contributed by atoms with E-state index in [4.69, 9.17) is 4.42 Å². The number of rotatable bonds is 7. The summed E-state index contributed by atoms with van der Waals surface area (Å²) < 4.78 is 31.9.